The van der Waals surface area contributed by atoms with Crippen LogP contribution in [0.25, 0.3) is 11.4 Å². The van der Waals surface area contributed by atoms with Crippen molar-refractivity contribution in [3.05, 3.63) is 46.0 Å². The molecule has 20 heavy (non-hydrogen) atoms. The molecule has 1 unspecified atom stereocenters. The molecule has 2 N–H and O–H groups in total. The first-order chi connectivity index (χ1) is 9.43. The number of nitrogens with two attached hydrogens (primary N) is 1. The normalized spacial score (nSPS) is 12.5. The third kappa shape index (κ3) is 2.81. The second-order valence-electron chi connectivity index (χ2n) is 4.89. The molecule has 0 fully saturated rings. The number of aromatic nitrogens is 2. The molecule has 1 aromatic carbocycles. The van der Waals surface area contributed by atoms with E-state index in [9.17, 15) is 4.39 Å². The Balaban J connectivity index is 2.55. The third-order valence-electron chi connectivity index (χ3n) is 3.35. The third-order valence-corrected chi connectivity index (χ3v) is 3.66. The van der Waals surface area contributed by atoms with Crippen LogP contribution in [0.5, 0.6) is 0 Å². The molecule has 3 nitrogen and oxygen atoms in total. The van der Waals surface area contributed by atoms with Crippen LogP contribution in [0.4, 0.5) is 4.39 Å². The number of hydrogen-bond acceptors (Lipinski definition) is 3. The minimum absolute atomic E-state index is 0.202. The first-order valence-electron chi connectivity index (χ1n) is 6.44. The molecular formula is C15H17ClFN3. The van der Waals surface area contributed by atoms with Gasteiger partial charge in [-0.25, -0.2) is 14.4 Å². The van der Waals surface area contributed by atoms with Crippen molar-refractivity contribution in [2.75, 3.05) is 6.54 Å². The number of rotatable bonds is 3. The predicted octanol–water partition coefficient (Wildman–Crippen LogP) is 3.62. The van der Waals surface area contributed by atoms with Gasteiger partial charge in [0.2, 0.25) is 0 Å². The van der Waals surface area contributed by atoms with E-state index >= 15 is 0 Å². The zero-order valence-corrected chi connectivity index (χ0v) is 12.5. The highest BCUT2D eigenvalue weighted by molar-refractivity contribution is 6.33. The summed E-state index contributed by atoms with van der Waals surface area (Å²) >= 11 is 6.06. The molecule has 0 saturated heterocycles. The molecule has 2 rings (SSSR count). The van der Waals surface area contributed by atoms with Crippen LogP contribution in [-0.2, 0) is 0 Å². The molecule has 0 spiro atoms. The lowest BCUT2D eigenvalue weighted by atomic mass is 9.98. The molecule has 0 saturated carbocycles. The minimum Gasteiger partial charge on any atom is -0.330 e. The summed E-state index contributed by atoms with van der Waals surface area (Å²) < 4.78 is 13.1. The van der Waals surface area contributed by atoms with Crippen molar-refractivity contribution >= 4 is 11.6 Å². The van der Waals surface area contributed by atoms with Gasteiger partial charge in [-0.05, 0) is 50.1 Å². The fourth-order valence-electron chi connectivity index (χ4n) is 2.35. The smallest absolute Gasteiger partial charge is 0.161 e. The van der Waals surface area contributed by atoms with E-state index in [-0.39, 0.29) is 11.7 Å². The van der Waals surface area contributed by atoms with Crippen LogP contribution in [-0.4, -0.2) is 16.5 Å². The molecule has 5 heteroatoms. The van der Waals surface area contributed by atoms with Gasteiger partial charge >= 0.3 is 0 Å². The van der Waals surface area contributed by atoms with Crippen LogP contribution in [0, 0.1) is 19.7 Å². The van der Waals surface area contributed by atoms with Gasteiger partial charge in [0.1, 0.15) is 5.82 Å². The molecule has 106 valence electrons. The lowest BCUT2D eigenvalue weighted by Crippen LogP contribution is -2.14. The average Bonchev–Trinajstić information content (AvgIpc) is 2.37. The molecule has 0 aliphatic heterocycles. The van der Waals surface area contributed by atoms with Gasteiger partial charge in [0.05, 0.1) is 5.02 Å². The Morgan fingerprint density at radius 3 is 2.35 bits per heavy atom. The molecule has 0 radical (unpaired) electrons. The van der Waals surface area contributed by atoms with Gasteiger partial charge in [-0.2, -0.15) is 0 Å². The largest absolute Gasteiger partial charge is 0.330 e. The van der Waals surface area contributed by atoms with Crippen LogP contribution in [0.1, 0.15) is 29.8 Å². The average molecular weight is 294 g/mol. The highest BCUT2D eigenvalue weighted by Gasteiger charge is 2.16. The lowest BCUT2D eigenvalue weighted by Gasteiger charge is -2.16. The highest BCUT2D eigenvalue weighted by Crippen LogP contribution is 2.28. The monoisotopic (exact) mass is 293 g/mol. The summed E-state index contributed by atoms with van der Waals surface area (Å²) in [4.78, 5) is 8.98. The zero-order valence-electron chi connectivity index (χ0n) is 11.7. The van der Waals surface area contributed by atoms with Gasteiger partial charge in [0, 0.05) is 17.0 Å². The van der Waals surface area contributed by atoms with Gasteiger partial charge in [0.25, 0.3) is 0 Å². The Kier molecular flexibility index (Phi) is 4.35. The predicted molar refractivity (Wildman–Crippen MR) is 79.4 cm³/mol. The van der Waals surface area contributed by atoms with E-state index in [0.717, 1.165) is 17.0 Å². The van der Waals surface area contributed by atoms with Crippen LogP contribution < -0.4 is 5.73 Å². The Bertz CT molecular complexity index is 620. The topological polar surface area (TPSA) is 51.8 Å². The summed E-state index contributed by atoms with van der Waals surface area (Å²) in [7, 11) is 0. The van der Waals surface area contributed by atoms with Crippen LogP contribution >= 0.6 is 11.6 Å². The molecule has 0 bridgehead atoms. The van der Waals surface area contributed by atoms with Crippen molar-refractivity contribution in [2.24, 2.45) is 5.73 Å². The van der Waals surface area contributed by atoms with Gasteiger partial charge < -0.3 is 5.73 Å². The quantitative estimate of drug-likeness (QED) is 0.940. The standard InChI is InChI=1S/C15H17ClFN3/c1-8(7-18)14-9(2)19-15(20-10(14)3)12-5-4-11(17)6-13(12)16/h4-6,8H,7,18H2,1-3H3. The van der Waals surface area contributed by atoms with E-state index in [1.165, 1.54) is 12.1 Å². The molecule has 2 aromatic rings. The van der Waals surface area contributed by atoms with E-state index in [2.05, 4.69) is 9.97 Å². The number of halogens is 2. The summed E-state index contributed by atoms with van der Waals surface area (Å²) in [6.07, 6.45) is 0. The summed E-state index contributed by atoms with van der Waals surface area (Å²) in [6, 6.07) is 4.21. The first-order valence-corrected chi connectivity index (χ1v) is 6.82. The Hall–Kier alpha value is -1.52. The molecular weight excluding hydrogens is 277 g/mol. The summed E-state index contributed by atoms with van der Waals surface area (Å²) in [6.45, 7) is 6.44. The molecule has 0 amide bonds. The molecule has 0 aliphatic carbocycles. The second-order valence-corrected chi connectivity index (χ2v) is 5.30. The molecule has 1 aromatic heterocycles. The Morgan fingerprint density at radius 1 is 1.25 bits per heavy atom. The maximum absolute atomic E-state index is 13.1. The summed E-state index contributed by atoms with van der Waals surface area (Å²) in [5.41, 5.74) is 9.17. The fraction of sp³-hybridized carbons (Fsp3) is 0.333. The number of nitrogens with zero attached hydrogens (tertiary/aromatic N) is 2. The van der Waals surface area contributed by atoms with Crippen molar-refractivity contribution in [1.29, 1.82) is 0 Å². The second kappa shape index (κ2) is 5.85. The van der Waals surface area contributed by atoms with Crippen molar-refractivity contribution in [3.8, 4) is 11.4 Å². The summed E-state index contributed by atoms with van der Waals surface area (Å²) in [5.74, 6) is 0.339. The van der Waals surface area contributed by atoms with E-state index < -0.39 is 0 Å². The maximum atomic E-state index is 13.1. The Labute approximate surface area is 123 Å². The van der Waals surface area contributed by atoms with E-state index in [1.807, 2.05) is 20.8 Å². The van der Waals surface area contributed by atoms with Crippen molar-refractivity contribution in [3.63, 3.8) is 0 Å². The van der Waals surface area contributed by atoms with Crippen LogP contribution in [0.3, 0.4) is 0 Å². The fourth-order valence-corrected chi connectivity index (χ4v) is 2.60. The van der Waals surface area contributed by atoms with Gasteiger partial charge in [0.15, 0.2) is 5.82 Å². The molecule has 1 heterocycles. The van der Waals surface area contributed by atoms with Crippen LogP contribution in [0.2, 0.25) is 5.02 Å². The number of benzene rings is 1. The van der Waals surface area contributed by atoms with Crippen molar-refractivity contribution in [1.82, 2.24) is 9.97 Å². The maximum Gasteiger partial charge on any atom is 0.161 e. The van der Waals surface area contributed by atoms with Gasteiger partial charge in [-0.15, -0.1) is 0 Å². The van der Waals surface area contributed by atoms with Crippen molar-refractivity contribution in [2.45, 2.75) is 26.7 Å². The Morgan fingerprint density at radius 2 is 1.85 bits per heavy atom. The van der Waals surface area contributed by atoms with E-state index in [1.54, 1.807) is 6.07 Å². The van der Waals surface area contributed by atoms with Gasteiger partial charge in [-0.1, -0.05) is 18.5 Å². The minimum atomic E-state index is -0.374. The van der Waals surface area contributed by atoms with Crippen LogP contribution in [0.15, 0.2) is 18.2 Å². The number of hydrogen-bond donors (Lipinski definition) is 1. The van der Waals surface area contributed by atoms with E-state index in [0.29, 0.717) is 23.0 Å². The zero-order chi connectivity index (χ0) is 14.9. The lowest BCUT2D eigenvalue weighted by molar-refractivity contribution is 0.628. The van der Waals surface area contributed by atoms with Crippen molar-refractivity contribution < 1.29 is 4.39 Å². The highest BCUT2D eigenvalue weighted by atomic mass is 35.5. The van der Waals surface area contributed by atoms with E-state index in [4.69, 9.17) is 17.3 Å². The summed E-state index contributed by atoms with van der Waals surface area (Å²) in [5, 5.41) is 0.309. The SMILES string of the molecule is Cc1nc(-c2ccc(F)cc2Cl)nc(C)c1C(C)CN. The van der Waals surface area contributed by atoms with Gasteiger partial charge in [-0.3, -0.25) is 0 Å². The molecule has 0 aliphatic rings. The number of aryl methyl sites for hydroxylation is 2. The first kappa shape index (κ1) is 14.9. The molecule has 1 atom stereocenters.